The lowest BCUT2D eigenvalue weighted by molar-refractivity contribution is -0.384. The Balaban J connectivity index is 1.94. The number of carbonyl (C=O) groups is 1. The molecule has 24 heavy (non-hydrogen) atoms. The van der Waals surface area contributed by atoms with Gasteiger partial charge in [-0.3, -0.25) is 14.9 Å². The van der Waals surface area contributed by atoms with Crippen molar-refractivity contribution < 1.29 is 9.72 Å². The minimum atomic E-state index is -0.460. The molecule has 0 fully saturated rings. The Labute approximate surface area is 145 Å². The van der Waals surface area contributed by atoms with Crippen molar-refractivity contribution in [3.63, 3.8) is 0 Å². The molecule has 6 nitrogen and oxygen atoms in total. The molecule has 0 aliphatic carbocycles. The first-order valence-electron chi connectivity index (χ1n) is 7.42. The van der Waals surface area contributed by atoms with Crippen LogP contribution in [0.3, 0.4) is 0 Å². The second kappa shape index (κ2) is 7.79. The highest BCUT2D eigenvalue weighted by molar-refractivity contribution is 6.34. The van der Waals surface area contributed by atoms with Crippen molar-refractivity contribution in [1.82, 2.24) is 0 Å². The Bertz CT molecular complexity index is 754. The van der Waals surface area contributed by atoms with Crippen LogP contribution < -0.4 is 10.6 Å². The molecule has 2 N–H and O–H groups in total. The van der Waals surface area contributed by atoms with Gasteiger partial charge in [-0.1, -0.05) is 29.8 Å². The summed E-state index contributed by atoms with van der Waals surface area (Å²) in [5, 5.41) is 17.1. The van der Waals surface area contributed by atoms with E-state index in [1.807, 2.05) is 19.9 Å². The fourth-order valence-electron chi connectivity index (χ4n) is 2.37. The van der Waals surface area contributed by atoms with Crippen molar-refractivity contribution in [2.45, 2.75) is 20.3 Å². The third-order valence-electron chi connectivity index (χ3n) is 3.46. The average Bonchev–Trinajstić information content (AvgIpc) is 2.51. The summed E-state index contributed by atoms with van der Waals surface area (Å²) >= 11 is 6.16. The first-order chi connectivity index (χ1) is 11.4. The largest absolute Gasteiger partial charge is 0.379 e. The smallest absolute Gasteiger partial charge is 0.292 e. The average molecular weight is 348 g/mol. The molecular weight excluding hydrogens is 330 g/mol. The number of benzene rings is 2. The van der Waals surface area contributed by atoms with Gasteiger partial charge in [-0.25, -0.2) is 0 Å². The van der Waals surface area contributed by atoms with Crippen molar-refractivity contribution in [3.05, 3.63) is 62.7 Å². The fraction of sp³-hybridized carbons (Fsp3) is 0.235. The second-order valence-electron chi connectivity index (χ2n) is 5.44. The second-order valence-corrected chi connectivity index (χ2v) is 5.85. The van der Waals surface area contributed by atoms with Gasteiger partial charge in [-0.2, -0.15) is 0 Å². The van der Waals surface area contributed by atoms with Crippen LogP contribution >= 0.6 is 11.6 Å². The molecule has 2 aromatic carbocycles. The molecule has 0 bridgehead atoms. The van der Waals surface area contributed by atoms with Crippen LogP contribution in [0.4, 0.5) is 17.1 Å². The van der Waals surface area contributed by atoms with Crippen LogP contribution in [-0.2, 0) is 4.79 Å². The number of nitrogens with zero attached hydrogens (tertiary/aromatic N) is 1. The van der Waals surface area contributed by atoms with Crippen molar-refractivity contribution in [2.24, 2.45) is 0 Å². The van der Waals surface area contributed by atoms with Gasteiger partial charge in [0.15, 0.2) is 0 Å². The number of anilines is 2. The highest BCUT2D eigenvalue weighted by Gasteiger charge is 2.13. The van der Waals surface area contributed by atoms with Gasteiger partial charge < -0.3 is 10.6 Å². The van der Waals surface area contributed by atoms with Gasteiger partial charge in [0.05, 0.1) is 15.6 Å². The molecule has 0 aliphatic heterocycles. The van der Waals surface area contributed by atoms with Crippen LogP contribution in [0.1, 0.15) is 17.5 Å². The van der Waals surface area contributed by atoms with E-state index in [0.717, 1.165) is 11.1 Å². The zero-order valence-electron chi connectivity index (χ0n) is 13.4. The summed E-state index contributed by atoms with van der Waals surface area (Å²) in [5.41, 5.74) is 2.88. The Morgan fingerprint density at radius 2 is 1.96 bits per heavy atom. The molecule has 7 heteroatoms. The molecule has 126 valence electrons. The Hall–Kier alpha value is -2.60. The number of nitro groups is 1. The third kappa shape index (κ3) is 4.45. The van der Waals surface area contributed by atoms with Gasteiger partial charge in [0.1, 0.15) is 5.69 Å². The van der Waals surface area contributed by atoms with Crippen LogP contribution in [0.5, 0.6) is 0 Å². The van der Waals surface area contributed by atoms with Crippen LogP contribution in [0, 0.1) is 24.0 Å². The maximum Gasteiger partial charge on any atom is 0.292 e. The lowest BCUT2D eigenvalue weighted by Gasteiger charge is -2.12. The van der Waals surface area contributed by atoms with E-state index in [1.165, 1.54) is 6.07 Å². The SMILES string of the molecule is Cc1cc(C)c(NC(=O)CCNc2ccccc2[N+](=O)[O-])c(Cl)c1. The molecule has 2 aromatic rings. The lowest BCUT2D eigenvalue weighted by atomic mass is 10.1. The lowest BCUT2D eigenvalue weighted by Crippen LogP contribution is -2.17. The van der Waals surface area contributed by atoms with E-state index in [0.29, 0.717) is 16.4 Å². The molecule has 0 aromatic heterocycles. The Kier molecular flexibility index (Phi) is 5.76. The van der Waals surface area contributed by atoms with Gasteiger partial charge in [-0.05, 0) is 37.1 Å². The van der Waals surface area contributed by atoms with Gasteiger partial charge >= 0.3 is 0 Å². The molecule has 0 spiro atoms. The van der Waals surface area contributed by atoms with E-state index in [4.69, 9.17) is 11.6 Å². The molecular formula is C17H18ClN3O3. The van der Waals surface area contributed by atoms with Crippen molar-refractivity contribution in [2.75, 3.05) is 17.2 Å². The number of carbonyl (C=O) groups excluding carboxylic acids is 1. The molecule has 0 saturated carbocycles. The number of nitro benzene ring substituents is 1. The summed E-state index contributed by atoms with van der Waals surface area (Å²) in [4.78, 5) is 22.5. The van der Waals surface area contributed by atoms with Gasteiger partial charge in [-0.15, -0.1) is 0 Å². The molecule has 1 amide bonds. The number of halogens is 1. The topological polar surface area (TPSA) is 84.3 Å². The first-order valence-corrected chi connectivity index (χ1v) is 7.80. The quantitative estimate of drug-likeness (QED) is 0.602. The van der Waals surface area contributed by atoms with Gasteiger partial charge in [0.25, 0.3) is 5.69 Å². The highest BCUT2D eigenvalue weighted by atomic mass is 35.5. The summed E-state index contributed by atoms with van der Waals surface area (Å²) in [6.07, 6.45) is 0.162. The molecule has 0 heterocycles. The van der Waals surface area contributed by atoms with E-state index in [9.17, 15) is 14.9 Å². The van der Waals surface area contributed by atoms with E-state index in [1.54, 1.807) is 24.3 Å². The number of hydrogen-bond donors (Lipinski definition) is 2. The number of amides is 1. The van der Waals surface area contributed by atoms with Crippen molar-refractivity contribution in [1.29, 1.82) is 0 Å². The Morgan fingerprint density at radius 1 is 1.25 bits per heavy atom. The maximum absolute atomic E-state index is 12.1. The van der Waals surface area contributed by atoms with E-state index in [-0.39, 0.29) is 24.6 Å². The summed E-state index contributed by atoms with van der Waals surface area (Å²) < 4.78 is 0. The van der Waals surface area contributed by atoms with Gasteiger partial charge in [0.2, 0.25) is 5.91 Å². The minimum Gasteiger partial charge on any atom is -0.379 e. The zero-order chi connectivity index (χ0) is 17.7. The molecule has 0 aliphatic rings. The predicted octanol–water partition coefficient (Wildman–Crippen LogP) is 4.31. The number of para-hydroxylation sites is 2. The normalized spacial score (nSPS) is 10.3. The van der Waals surface area contributed by atoms with E-state index < -0.39 is 4.92 Å². The zero-order valence-corrected chi connectivity index (χ0v) is 14.2. The van der Waals surface area contributed by atoms with Crippen LogP contribution in [0.2, 0.25) is 5.02 Å². The summed E-state index contributed by atoms with van der Waals surface area (Å²) in [6.45, 7) is 4.08. The third-order valence-corrected chi connectivity index (χ3v) is 3.76. The predicted molar refractivity (Wildman–Crippen MR) is 95.8 cm³/mol. The molecule has 0 radical (unpaired) electrons. The van der Waals surface area contributed by atoms with Crippen LogP contribution in [0.25, 0.3) is 0 Å². The van der Waals surface area contributed by atoms with E-state index >= 15 is 0 Å². The Morgan fingerprint density at radius 3 is 2.62 bits per heavy atom. The summed E-state index contributed by atoms with van der Waals surface area (Å²) in [5.74, 6) is -0.213. The van der Waals surface area contributed by atoms with Gasteiger partial charge in [0, 0.05) is 19.0 Å². The summed E-state index contributed by atoms with van der Waals surface area (Å²) in [6, 6.07) is 10.0. The minimum absolute atomic E-state index is 0.0182. The van der Waals surface area contributed by atoms with Crippen LogP contribution in [-0.4, -0.2) is 17.4 Å². The van der Waals surface area contributed by atoms with Crippen LogP contribution in [0.15, 0.2) is 36.4 Å². The standard InChI is InChI=1S/C17H18ClN3O3/c1-11-9-12(2)17(13(18)10-11)20-16(22)7-8-19-14-5-3-4-6-15(14)21(23)24/h3-6,9-10,19H,7-8H2,1-2H3,(H,20,22). The first kappa shape index (κ1) is 17.7. The molecule has 0 saturated heterocycles. The monoisotopic (exact) mass is 347 g/mol. The van der Waals surface area contributed by atoms with Crippen molar-refractivity contribution in [3.8, 4) is 0 Å². The van der Waals surface area contributed by atoms with Crippen molar-refractivity contribution >= 4 is 34.6 Å². The molecule has 2 rings (SSSR count). The number of nitrogens with one attached hydrogen (secondary N) is 2. The summed E-state index contributed by atoms with van der Waals surface area (Å²) in [7, 11) is 0. The molecule has 0 atom stereocenters. The molecule has 0 unspecified atom stereocenters. The maximum atomic E-state index is 12.1. The van der Waals surface area contributed by atoms with E-state index in [2.05, 4.69) is 10.6 Å². The number of rotatable bonds is 6. The number of hydrogen-bond acceptors (Lipinski definition) is 4. The fourth-order valence-corrected chi connectivity index (χ4v) is 2.74. The number of aryl methyl sites for hydroxylation is 2. The highest BCUT2D eigenvalue weighted by Crippen LogP contribution is 2.27.